The summed E-state index contributed by atoms with van der Waals surface area (Å²) >= 11 is 3.51. The molecular weight excluding hydrogens is 346 g/mol. The smallest absolute Gasteiger partial charge is 0.133 e. The van der Waals surface area contributed by atoms with E-state index in [4.69, 9.17) is 14.2 Å². The highest BCUT2D eigenvalue weighted by molar-refractivity contribution is 9.10. The van der Waals surface area contributed by atoms with E-state index in [0.29, 0.717) is 0 Å². The van der Waals surface area contributed by atoms with Crippen LogP contribution in [0.5, 0.6) is 17.2 Å². The highest BCUT2D eigenvalue weighted by atomic mass is 79.9. The Morgan fingerprint density at radius 2 is 1.64 bits per heavy atom. The first-order valence-corrected chi connectivity index (χ1v) is 7.82. The van der Waals surface area contributed by atoms with Crippen LogP contribution in [0.25, 0.3) is 0 Å². The van der Waals surface area contributed by atoms with Crippen LogP contribution >= 0.6 is 15.9 Å². The van der Waals surface area contributed by atoms with E-state index in [1.165, 1.54) is 5.56 Å². The molecule has 0 aliphatic heterocycles. The Bertz CT molecular complexity index is 631. The summed E-state index contributed by atoms with van der Waals surface area (Å²) in [5, 5.41) is 2.23. The summed E-state index contributed by atoms with van der Waals surface area (Å²) in [5.41, 5.74) is 2.39. The molecule has 4 nitrogen and oxygen atoms in total. The van der Waals surface area contributed by atoms with Crippen LogP contribution in [-0.2, 0) is 13.1 Å². The Hall–Kier alpha value is -1.72. The maximum atomic E-state index is 5.42. The number of hydrogen-bond donors (Lipinski definition) is 1. The summed E-state index contributed by atoms with van der Waals surface area (Å²) in [6.07, 6.45) is 0. The molecule has 0 aliphatic rings. The van der Waals surface area contributed by atoms with Crippen molar-refractivity contribution >= 4 is 15.9 Å². The zero-order chi connectivity index (χ0) is 15.9. The second-order valence-corrected chi connectivity index (χ2v) is 5.70. The van der Waals surface area contributed by atoms with Crippen molar-refractivity contribution in [1.29, 1.82) is 0 Å². The standard InChI is InChI=1S/C17H20BrNO3/c1-20-14-6-5-13(17(9-14)22-3)11-19-10-12-4-7-16(21-2)15(18)8-12/h4-9,19H,10-11H2,1-3H3/p+1. The molecule has 0 fully saturated rings. The fourth-order valence-corrected chi connectivity index (χ4v) is 2.84. The maximum absolute atomic E-state index is 5.42. The van der Waals surface area contributed by atoms with E-state index in [2.05, 4.69) is 33.4 Å². The zero-order valence-electron chi connectivity index (χ0n) is 13.1. The predicted octanol–water partition coefficient (Wildman–Crippen LogP) is 2.74. The van der Waals surface area contributed by atoms with Gasteiger partial charge in [-0.3, -0.25) is 0 Å². The van der Waals surface area contributed by atoms with Crippen molar-refractivity contribution in [2.45, 2.75) is 13.1 Å². The molecule has 0 atom stereocenters. The molecule has 0 saturated heterocycles. The van der Waals surface area contributed by atoms with Crippen LogP contribution in [0.15, 0.2) is 40.9 Å². The van der Waals surface area contributed by atoms with E-state index in [1.807, 2.05) is 24.3 Å². The molecule has 0 aromatic heterocycles. The van der Waals surface area contributed by atoms with Crippen LogP contribution in [0.2, 0.25) is 0 Å². The van der Waals surface area contributed by atoms with E-state index in [0.717, 1.165) is 40.4 Å². The van der Waals surface area contributed by atoms with Gasteiger partial charge in [-0.05, 0) is 46.3 Å². The molecule has 22 heavy (non-hydrogen) atoms. The Morgan fingerprint density at radius 3 is 2.27 bits per heavy atom. The topological polar surface area (TPSA) is 44.3 Å². The molecule has 2 N–H and O–H groups in total. The molecule has 0 saturated carbocycles. The first-order chi connectivity index (χ1) is 10.7. The molecule has 2 aromatic rings. The third kappa shape index (κ3) is 4.15. The number of rotatable bonds is 7. The van der Waals surface area contributed by atoms with Crippen LogP contribution in [0.4, 0.5) is 0 Å². The summed E-state index contributed by atoms with van der Waals surface area (Å²) in [6, 6.07) is 12.0. The average molecular weight is 367 g/mol. The van der Waals surface area contributed by atoms with Gasteiger partial charge in [0.1, 0.15) is 30.3 Å². The van der Waals surface area contributed by atoms with Gasteiger partial charge in [-0.15, -0.1) is 0 Å². The molecule has 0 radical (unpaired) electrons. The summed E-state index contributed by atoms with van der Waals surface area (Å²) in [5.74, 6) is 2.51. The third-order valence-corrected chi connectivity index (χ3v) is 4.07. The van der Waals surface area contributed by atoms with Crippen molar-refractivity contribution in [3.63, 3.8) is 0 Å². The Labute approximate surface area is 139 Å². The molecule has 2 aromatic carbocycles. The average Bonchev–Trinajstić information content (AvgIpc) is 2.55. The van der Waals surface area contributed by atoms with Crippen molar-refractivity contribution in [2.75, 3.05) is 21.3 Å². The largest absolute Gasteiger partial charge is 0.497 e. The van der Waals surface area contributed by atoms with Crippen molar-refractivity contribution < 1.29 is 19.5 Å². The van der Waals surface area contributed by atoms with Gasteiger partial charge in [-0.2, -0.15) is 0 Å². The number of ether oxygens (including phenoxy) is 3. The molecule has 0 aliphatic carbocycles. The van der Waals surface area contributed by atoms with Gasteiger partial charge >= 0.3 is 0 Å². The van der Waals surface area contributed by atoms with Crippen molar-refractivity contribution in [1.82, 2.24) is 0 Å². The lowest BCUT2D eigenvalue weighted by molar-refractivity contribution is -0.686. The van der Waals surface area contributed by atoms with E-state index in [1.54, 1.807) is 21.3 Å². The first kappa shape index (κ1) is 16.6. The van der Waals surface area contributed by atoms with Crippen LogP contribution < -0.4 is 19.5 Å². The maximum Gasteiger partial charge on any atom is 0.133 e. The van der Waals surface area contributed by atoms with Crippen LogP contribution in [0, 0.1) is 0 Å². The fraction of sp³-hybridized carbons (Fsp3) is 0.294. The van der Waals surface area contributed by atoms with Gasteiger partial charge in [-0.25, -0.2) is 0 Å². The summed E-state index contributed by atoms with van der Waals surface area (Å²) in [4.78, 5) is 0. The Balaban J connectivity index is 1.97. The molecule has 0 bridgehead atoms. The van der Waals surface area contributed by atoms with E-state index >= 15 is 0 Å². The summed E-state index contributed by atoms with van der Waals surface area (Å²) in [7, 11) is 5.00. The highest BCUT2D eigenvalue weighted by Gasteiger charge is 2.08. The third-order valence-electron chi connectivity index (χ3n) is 3.45. The number of halogens is 1. The van der Waals surface area contributed by atoms with E-state index < -0.39 is 0 Å². The molecule has 0 unspecified atom stereocenters. The summed E-state index contributed by atoms with van der Waals surface area (Å²) in [6.45, 7) is 1.73. The lowest BCUT2D eigenvalue weighted by Crippen LogP contribution is -2.80. The molecule has 0 spiro atoms. The van der Waals surface area contributed by atoms with Crippen LogP contribution in [0.3, 0.4) is 0 Å². The first-order valence-electron chi connectivity index (χ1n) is 7.03. The van der Waals surface area contributed by atoms with E-state index in [-0.39, 0.29) is 0 Å². The van der Waals surface area contributed by atoms with Crippen LogP contribution in [-0.4, -0.2) is 21.3 Å². The summed E-state index contributed by atoms with van der Waals surface area (Å²) < 4.78 is 16.8. The van der Waals surface area contributed by atoms with Gasteiger partial charge in [0.2, 0.25) is 0 Å². The number of nitrogens with two attached hydrogens (primary N) is 1. The quantitative estimate of drug-likeness (QED) is 0.819. The number of hydrogen-bond acceptors (Lipinski definition) is 3. The van der Waals surface area contributed by atoms with Gasteiger partial charge < -0.3 is 19.5 Å². The molecule has 0 heterocycles. The van der Waals surface area contributed by atoms with Crippen LogP contribution in [0.1, 0.15) is 11.1 Å². The number of methoxy groups -OCH3 is 3. The second-order valence-electron chi connectivity index (χ2n) is 4.84. The molecule has 118 valence electrons. The Kier molecular flexibility index (Phi) is 6.10. The van der Waals surface area contributed by atoms with Gasteiger partial charge in [0.15, 0.2) is 0 Å². The SMILES string of the molecule is COc1ccc(C[NH2+]Cc2ccc(OC)c(Br)c2)c(OC)c1. The molecule has 2 rings (SSSR count). The minimum absolute atomic E-state index is 0.805. The normalized spacial score (nSPS) is 10.4. The monoisotopic (exact) mass is 366 g/mol. The number of benzene rings is 2. The predicted molar refractivity (Wildman–Crippen MR) is 89.6 cm³/mol. The highest BCUT2D eigenvalue weighted by Crippen LogP contribution is 2.25. The van der Waals surface area contributed by atoms with Crippen molar-refractivity contribution in [3.8, 4) is 17.2 Å². The molecule has 5 heteroatoms. The Morgan fingerprint density at radius 1 is 0.864 bits per heavy atom. The van der Waals surface area contributed by atoms with Crippen molar-refractivity contribution in [3.05, 3.63) is 52.0 Å². The fourth-order valence-electron chi connectivity index (χ4n) is 2.25. The second kappa shape index (κ2) is 8.06. The molecular formula is C17H21BrNO3+. The van der Waals surface area contributed by atoms with E-state index in [9.17, 15) is 0 Å². The minimum Gasteiger partial charge on any atom is -0.497 e. The lowest BCUT2D eigenvalue weighted by Gasteiger charge is -2.10. The van der Waals surface area contributed by atoms with Gasteiger partial charge in [0, 0.05) is 17.2 Å². The minimum atomic E-state index is 0.805. The van der Waals surface area contributed by atoms with Gasteiger partial charge in [0.05, 0.1) is 25.8 Å². The van der Waals surface area contributed by atoms with Gasteiger partial charge in [-0.1, -0.05) is 0 Å². The number of quaternary nitrogens is 1. The zero-order valence-corrected chi connectivity index (χ0v) is 14.6. The van der Waals surface area contributed by atoms with Gasteiger partial charge in [0.25, 0.3) is 0 Å². The molecule has 0 amide bonds. The van der Waals surface area contributed by atoms with Crippen molar-refractivity contribution in [2.24, 2.45) is 0 Å². The lowest BCUT2D eigenvalue weighted by atomic mass is 10.1.